The summed E-state index contributed by atoms with van der Waals surface area (Å²) in [6.45, 7) is 4.07. The van der Waals surface area contributed by atoms with E-state index in [1.165, 1.54) is 41.4 Å². The number of nitrogens with one attached hydrogen (secondary N) is 1. The van der Waals surface area contributed by atoms with Crippen LogP contribution in [0.15, 0.2) is 55.3 Å². The molecule has 0 spiro atoms. The Morgan fingerprint density at radius 2 is 2.09 bits per heavy atom. The molecule has 0 unspecified atom stereocenters. The summed E-state index contributed by atoms with van der Waals surface area (Å²) in [5.41, 5.74) is 0.938. The van der Waals surface area contributed by atoms with E-state index >= 15 is 0 Å². The van der Waals surface area contributed by atoms with Crippen molar-refractivity contribution < 1.29 is 28.9 Å². The number of likely N-dealkylation sites (N-methyl/N-ethyl adjacent to an activating group) is 1. The van der Waals surface area contributed by atoms with Crippen LogP contribution in [0.4, 0.5) is 4.39 Å². The quantitative estimate of drug-likeness (QED) is 0.194. The topological polar surface area (TPSA) is 112 Å². The molecule has 33 heavy (non-hydrogen) atoms. The first-order valence-electron chi connectivity index (χ1n) is 10.3. The van der Waals surface area contributed by atoms with Crippen molar-refractivity contribution in [1.29, 1.82) is 0 Å². The maximum atomic E-state index is 13.4. The van der Waals surface area contributed by atoms with Crippen LogP contribution in [0.1, 0.15) is 17.7 Å². The average molecular weight is 458 g/mol. The van der Waals surface area contributed by atoms with Gasteiger partial charge in [-0.25, -0.2) is 9.18 Å². The van der Waals surface area contributed by atoms with Crippen LogP contribution in [-0.4, -0.2) is 64.8 Å². The number of hydrogen-bond donors (Lipinski definition) is 3. The molecule has 0 aliphatic carbocycles. The van der Waals surface area contributed by atoms with Crippen molar-refractivity contribution >= 4 is 18.0 Å². The lowest BCUT2D eigenvalue weighted by atomic mass is 10.1. The number of hydrogen-bond acceptors (Lipinski definition) is 7. The lowest BCUT2D eigenvalue weighted by Gasteiger charge is -2.27. The van der Waals surface area contributed by atoms with Gasteiger partial charge in [0.1, 0.15) is 12.4 Å². The highest BCUT2D eigenvalue weighted by atomic mass is 19.1. The second-order valence-electron chi connectivity index (χ2n) is 7.26. The normalized spacial score (nSPS) is 11.8. The Morgan fingerprint density at radius 1 is 1.30 bits per heavy atom. The summed E-state index contributed by atoms with van der Waals surface area (Å²) in [5, 5.41) is 21.9. The Hall–Kier alpha value is -3.72. The van der Waals surface area contributed by atoms with E-state index in [-0.39, 0.29) is 30.6 Å². The number of pyridine rings is 1. The molecule has 0 aliphatic heterocycles. The molecule has 0 saturated carbocycles. The van der Waals surface area contributed by atoms with Gasteiger partial charge in [-0.3, -0.25) is 9.78 Å². The third-order valence-electron chi connectivity index (χ3n) is 4.88. The average Bonchev–Trinajstić information content (AvgIpc) is 2.81. The molecule has 1 amide bonds. The number of phenols is 1. The van der Waals surface area contributed by atoms with Gasteiger partial charge in [-0.15, -0.1) is 6.58 Å². The highest BCUT2D eigenvalue weighted by Crippen LogP contribution is 2.20. The van der Waals surface area contributed by atoms with Crippen LogP contribution in [0.25, 0.3) is 6.08 Å². The fourth-order valence-corrected chi connectivity index (χ4v) is 2.91. The van der Waals surface area contributed by atoms with Crippen LogP contribution in [0.2, 0.25) is 0 Å². The van der Waals surface area contributed by atoms with Gasteiger partial charge in [0.15, 0.2) is 11.6 Å². The summed E-state index contributed by atoms with van der Waals surface area (Å²) in [6.07, 6.45) is 6.36. The minimum Gasteiger partial charge on any atom is -0.506 e. The molecular weight excluding hydrogens is 429 g/mol. The molecule has 0 radical (unpaired) electrons. The summed E-state index contributed by atoms with van der Waals surface area (Å²) in [5.74, 6) is -1.85. The number of amides is 1. The number of benzene rings is 1. The zero-order valence-corrected chi connectivity index (χ0v) is 18.4. The van der Waals surface area contributed by atoms with E-state index < -0.39 is 17.8 Å². The molecule has 0 aliphatic rings. The molecule has 0 bridgehead atoms. The minimum atomic E-state index is -0.681. The number of para-hydroxylation sites is 1. The van der Waals surface area contributed by atoms with E-state index in [0.29, 0.717) is 30.6 Å². The summed E-state index contributed by atoms with van der Waals surface area (Å²) >= 11 is 0. The molecule has 0 saturated heterocycles. The van der Waals surface area contributed by atoms with Crippen molar-refractivity contribution in [2.24, 2.45) is 0 Å². The Morgan fingerprint density at radius 3 is 2.79 bits per heavy atom. The molecule has 0 fully saturated rings. The van der Waals surface area contributed by atoms with E-state index in [4.69, 9.17) is 4.74 Å². The number of ether oxygens (including phenoxy) is 1. The molecular formula is C24H28FN3O5. The lowest BCUT2D eigenvalue weighted by Crippen LogP contribution is -2.44. The predicted molar refractivity (Wildman–Crippen MR) is 122 cm³/mol. The second kappa shape index (κ2) is 13.0. The van der Waals surface area contributed by atoms with Crippen LogP contribution in [0.5, 0.6) is 11.5 Å². The van der Waals surface area contributed by atoms with Crippen LogP contribution in [0, 0.1) is 5.82 Å². The van der Waals surface area contributed by atoms with Crippen molar-refractivity contribution in [3.63, 3.8) is 0 Å². The number of nitrogens with zero attached hydrogens (tertiary/aromatic N) is 2. The number of aromatic nitrogens is 1. The first kappa shape index (κ1) is 25.5. The summed E-state index contributed by atoms with van der Waals surface area (Å²) in [6, 6.07) is 6.92. The number of aromatic hydroxyl groups is 2. The number of phenolic OH excluding ortho intramolecular Hbond substituents is 1. The third kappa shape index (κ3) is 8.38. The molecule has 1 heterocycles. The van der Waals surface area contributed by atoms with E-state index in [1.54, 1.807) is 25.3 Å². The standard InChI is InChI=1S/C24H28FN3O5/c1-3-5-19(16-33-23(31)11-9-18-8-10-20(29)14-27-18)28(2)22(30)15-26-13-12-17-6-4-7-21(25)24(17)32/h3-4,6-11,14,19,26,29,32H,1,5,12-13,15-16H2,2H3/b11-9+/t19-/m0/s1. The van der Waals surface area contributed by atoms with E-state index in [9.17, 15) is 24.2 Å². The minimum absolute atomic E-state index is 0.0163. The zero-order chi connectivity index (χ0) is 24.2. The van der Waals surface area contributed by atoms with Gasteiger partial charge in [0, 0.05) is 13.1 Å². The van der Waals surface area contributed by atoms with Crippen molar-refractivity contribution in [2.45, 2.75) is 18.9 Å². The van der Waals surface area contributed by atoms with Crippen molar-refractivity contribution in [3.05, 3.63) is 72.3 Å². The van der Waals surface area contributed by atoms with Gasteiger partial charge in [-0.05, 0) is 49.2 Å². The van der Waals surface area contributed by atoms with Crippen molar-refractivity contribution in [3.8, 4) is 11.5 Å². The fraction of sp³-hybridized carbons (Fsp3) is 0.292. The van der Waals surface area contributed by atoms with Crippen LogP contribution >= 0.6 is 0 Å². The van der Waals surface area contributed by atoms with Gasteiger partial charge >= 0.3 is 5.97 Å². The Bertz CT molecular complexity index is 979. The fourth-order valence-electron chi connectivity index (χ4n) is 2.91. The highest BCUT2D eigenvalue weighted by Gasteiger charge is 2.20. The molecule has 2 aromatic rings. The summed E-state index contributed by atoms with van der Waals surface area (Å²) in [4.78, 5) is 29.9. The molecule has 1 atom stereocenters. The van der Waals surface area contributed by atoms with E-state index in [0.717, 1.165) is 0 Å². The van der Waals surface area contributed by atoms with Gasteiger partial charge in [-0.2, -0.15) is 0 Å². The monoisotopic (exact) mass is 457 g/mol. The third-order valence-corrected chi connectivity index (χ3v) is 4.88. The molecule has 9 heteroatoms. The molecule has 176 valence electrons. The van der Waals surface area contributed by atoms with Gasteiger partial charge in [-0.1, -0.05) is 18.2 Å². The maximum absolute atomic E-state index is 13.4. The number of halogens is 1. The van der Waals surface area contributed by atoms with Gasteiger partial charge in [0.05, 0.1) is 24.5 Å². The first-order valence-corrected chi connectivity index (χ1v) is 10.3. The molecule has 8 nitrogen and oxygen atoms in total. The first-order chi connectivity index (χ1) is 15.8. The van der Waals surface area contributed by atoms with E-state index in [2.05, 4.69) is 16.9 Å². The smallest absolute Gasteiger partial charge is 0.330 e. The SMILES string of the molecule is C=CC[C@@H](COC(=O)/C=C/c1ccc(O)cn1)N(C)C(=O)CNCCc1cccc(F)c1O. The number of rotatable bonds is 12. The predicted octanol–water partition coefficient (Wildman–Crippen LogP) is 2.42. The van der Waals surface area contributed by atoms with Gasteiger partial charge < -0.3 is 25.2 Å². The zero-order valence-electron chi connectivity index (χ0n) is 18.4. The highest BCUT2D eigenvalue weighted by molar-refractivity contribution is 5.86. The Kier molecular flexibility index (Phi) is 10.0. The largest absolute Gasteiger partial charge is 0.506 e. The molecule has 3 N–H and O–H groups in total. The van der Waals surface area contributed by atoms with Crippen LogP contribution < -0.4 is 5.32 Å². The summed E-state index contributed by atoms with van der Waals surface area (Å²) in [7, 11) is 1.61. The van der Waals surface area contributed by atoms with Gasteiger partial charge in [0.25, 0.3) is 0 Å². The molecule has 1 aromatic carbocycles. The van der Waals surface area contributed by atoms with Crippen LogP contribution in [-0.2, 0) is 20.7 Å². The second-order valence-corrected chi connectivity index (χ2v) is 7.26. The Balaban J connectivity index is 1.79. The number of carbonyl (C=O) groups is 2. The lowest BCUT2D eigenvalue weighted by molar-refractivity contribution is -0.142. The number of esters is 1. The van der Waals surface area contributed by atoms with Crippen molar-refractivity contribution in [1.82, 2.24) is 15.2 Å². The number of carbonyl (C=O) groups excluding carboxylic acids is 2. The molecule has 1 aromatic heterocycles. The molecule has 2 rings (SSSR count). The van der Waals surface area contributed by atoms with Crippen LogP contribution in [0.3, 0.4) is 0 Å². The summed E-state index contributed by atoms with van der Waals surface area (Å²) < 4.78 is 18.6. The maximum Gasteiger partial charge on any atom is 0.330 e. The van der Waals surface area contributed by atoms with Gasteiger partial charge in [0.2, 0.25) is 5.91 Å². The van der Waals surface area contributed by atoms with E-state index in [1.807, 2.05) is 0 Å². The Labute approximate surface area is 192 Å². The van der Waals surface area contributed by atoms with Crippen molar-refractivity contribution in [2.75, 3.05) is 26.7 Å².